The summed E-state index contributed by atoms with van der Waals surface area (Å²) >= 11 is 0. The second-order valence-corrected chi connectivity index (χ2v) is 4.03. The van der Waals surface area contributed by atoms with Gasteiger partial charge in [-0.15, -0.1) is 6.58 Å². The van der Waals surface area contributed by atoms with Crippen molar-refractivity contribution in [1.29, 1.82) is 0 Å². The maximum absolute atomic E-state index is 12.3. The normalized spacial score (nSPS) is 9.68. The van der Waals surface area contributed by atoms with Gasteiger partial charge in [-0.05, 0) is 24.3 Å². The Hall–Kier alpha value is -2.55. The standard InChI is InChI=1S/C16H16N2O/c1-2-13-18(15-11-7-4-8-12-15)16(19)17-14-9-5-3-6-10-14/h2-12H,1,13H2,(H,17,19). The van der Waals surface area contributed by atoms with Crippen LogP contribution in [0.15, 0.2) is 73.3 Å². The number of carbonyl (C=O) groups excluding carboxylic acids is 1. The molecule has 96 valence electrons. The van der Waals surface area contributed by atoms with Gasteiger partial charge in [0.2, 0.25) is 0 Å². The van der Waals surface area contributed by atoms with E-state index in [4.69, 9.17) is 0 Å². The monoisotopic (exact) mass is 252 g/mol. The summed E-state index contributed by atoms with van der Waals surface area (Å²) in [4.78, 5) is 13.9. The van der Waals surface area contributed by atoms with Crippen molar-refractivity contribution in [2.45, 2.75) is 0 Å². The molecule has 0 aliphatic heterocycles. The molecule has 0 aromatic heterocycles. The Morgan fingerprint density at radius 3 is 2.21 bits per heavy atom. The fourth-order valence-electron chi connectivity index (χ4n) is 1.76. The minimum absolute atomic E-state index is 0.169. The molecule has 0 saturated carbocycles. The molecule has 0 saturated heterocycles. The third kappa shape index (κ3) is 3.45. The van der Waals surface area contributed by atoms with Gasteiger partial charge in [-0.25, -0.2) is 4.79 Å². The molecule has 19 heavy (non-hydrogen) atoms. The summed E-state index contributed by atoms with van der Waals surface area (Å²) in [5, 5.41) is 2.86. The van der Waals surface area contributed by atoms with Crippen molar-refractivity contribution in [3.63, 3.8) is 0 Å². The van der Waals surface area contributed by atoms with Crippen LogP contribution in [0.1, 0.15) is 0 Å². The van der Waals surface area contributed by atoms with Crippen LogP contribution < -0.4 is 10.2 Å². The molecular weight excluding hydrogens is 236 g/mol. The minimum atomic E-state index is -0.169. The molecule has 2 rings (SSSR count). The number of hydrogen-bond donors (Lipinski definition) is 1. The Labute approximate surface area is 113 Å². The SMILES string of the molecule is C=CCN(C(=O)Nc1ccccc1)c1ccccc1. The zero-order chi connectivity index (χ0) is 13.5. The highest BCUT2D eigenvalue weighted by atomic mass is 16.2. The summed E-state index contributed by atoms with van der Waals surface area (Å²) < 4.78 is 0. The Morgan fingerprint density at radius 2 is 1.63 bits per heavy atom. The van der Waals surface area contributed by atoms with Crippen LogP contribution in [0, 0.1) is 0 Å². The Balaban J connectivity index is 2.15. The first-order valence-electron chi connectivity index (χ1n) is 6.11. The number of anilines is 2. The zero-order valence-electron chi connectivity index (χ0n) is 10.6. The highest BCUT2D eigenvalue weighted by Gasteiger charge is 2.13. The molecule has 0 atom stereocenters. The molecule has 2 aromatic rings. The maximum atomic E-state index is 12.3. The lowest BCUT2D eigenvalue weighted by molar-refractivity contribution is 0.257. The predicted molar refractivity (Wildman–Crippen MR) is 79.4 cm³/mol. The quantitative estimate of drug-likeness (QED) is 0.822. The third-order valence-electron chi connectivity index (χ3n) is 2.65. The summed E-state index contributed by atoms with van der Waals surface area (Å²) in [7, 11) is 0. The van der Waals surface area contributed by atoms with Gasteiger partial charge in [0.05, 0.1) is 0 Å². The summed E-state index contributed by atoms with van der Waals surface area (Å²) in [6.45, 7) is 4.15. The van der Waals surface area contributed by atoms with Crippen LogP contribution in [0.3, 0.4) is 0 Å². The molecule has 3 nitrogen and oxygen atoms in total. The first-order valence-corrected chi connectivity index (χ1v) is 6.11. The molecule has 0 unspecified atom stereocenters. The number of nitrogens with zero attached hydrogens (tertiary/aromatic N) is 1. The van der Waals surface area contributed by atoms with Crippen LogP contribution in [0.2, 0.25) is 0 Å². The smallest absolute Gasteiger partial charge is 0.308 e. The van der Waals surface area contributed by atoms with E-state index in [-0.39, 0.29) is 6.03 Å². The lowest BCUT2D eigenvalue weighted by atomic mass is 10.3. The highest BCUT2D eigenvalue weighted by Crippen LogP contribution is 2.15. The number of urea groups is 1. The third-order valence-corrected chi connectivity index (χ3v) is 2.65. The van der Waals surface area contributed by atoms with Gasteiger partial charge < -0.3 is 5.32 Å². The second-order valence-electron chi connectivity index (χ2n) is 4.03. The van der Waals surface area contributed by atoms with E-state index in [1.807, 2.05) is 60.7 Å². The van der Waals surface area contributed by atoms with Crippen molar-refractivity contribution in [2.75, 3.05) is 16.8 Å². The first-order chi connectivity index (χ1) is 9.31. The largest absolute Gasteiger partial charge is 0.326 e. The number of carbonyl (C=O) groups is 1. The van der Waals surface area contributed by atoms with E-state index in [0.29, 0.717) is 6.54 Å². The average Bonchev–Trinajstić information content (AvgIpc) is 2.46. The van der Waals surface area contributed by atoms with E-state index in [9.17, 15) is 4.79 Å². The lowest BCUT2D eigenvalue weighted by Gasteiger charge is -2.21. The number of nitrogens with one attached hydrogen (secondary N) is 1. The van der Waals surface area contributed by atoms with Crippen molar-refractivity contribution in [3.8, 4) is 0 Å². The maximum Gasteiger partial charge on any atom is 0.326 e. The Kier molecular flexibility index (Phi) is 4.34. The summed E-state index contributed by atoms with van der Waals surface area (Å²) in [5.74, 6) is 0. The zero-order valence-corrected chi connectivity index (χ0v) is 10.6. The van der Waals surface area contributed by atoms with Gasteiger partial charge >= 0.3 is 6.03 Å². The average molecular weight is 252 g/mol. The summed E-state index contributed by atoms with van der Waals surface area (Å²) in [6, 6.07) is 18.7. The Bertz CT molecular complexity index is 537. The van der Waals surface area contributed by atoms with Gasteiger partial charge in [0.1, 0.15) is 0 Å². The van der Waals surface area contributed by atoms with Crippen LogP contribution in [-0.2, 0) is 0 Å². The van der Waals surface area contributed by atoms with E-state index in [0.717, 1.165) is 11.4 Å². The molecular formula is C16H16N2O. The van der Waals surface area contributed by atoms with Crippen LogP contribution in [0.25, 0.3) is 0 Å². The van der Waals surface area contributed by atoms with Gasteiger partial charge in [-0.3, -0.25) is 4.90 Å². The van der Waals surface area contributed by atoms with E-state index >= 15 is 0 Å². The molecule has 0 heterocycles. The second kappa shape index (κ2) is 6.40. The highest BCUT2D eigenvalue weighted by molar-refractivity contribution is 6.01. The van der Waals surface area contributed by atoms with Gasteiger partial charge in [0.15, 0.2) is 0 Å². The van der Waals surface area contributed by atoms with E-state index in [1.54, 1.807) is 11.0 Å². The molecule has 0 bridgehead atoms. The van der Waals surface area contributed by atoms with Crippen molar-refractivity contribution in [1.82, 2.24) is 0 Å². The molecule has 0 radical (unpaired) electrons. The molecule has 3 heteroatoms. The van der Waals surface area contributed by atoms with Crippen molar-refractivity contribution in [2.24, 2.45) is 0 Å². The van der Waals surface area contributed by atoms with Crippen molar-refractivity contribution in [3.05, 3.63) is 73.3 Å². The van der Waals surface area contributed by atoms with Gasteiger partial charge in [0, 0.05) is 17.9 Å². The van der Waals surface area contributed by atoms with E-state index in [2.05, 4.69) is 11.9 Å². The molecule has 0 fully saturated rings. The number of benzene rings is 2. The van der Waals surface area contributed by atoms with E-state index in [1.165, 1.54) is 0 Å². The van der Waals surface area contributed by atoms with Gasteiger partial charge in [-0.1, -0.05) is 42.5 Å². The summed E-state index contributed by atoms with van der Waals surface area (Å²) in [6.07, 6.45) is 1.71. The fourth-order valence-corrected chi connectivity index (χ4v) is 1.76. The number of amides is 2. The van der Waals surface area contributed by atoms with Crippen LogP contribution in [0.4, 0.5) is 16.2 Å². The van der Waals surface area contributed by atoms with Crippen LogP contribution >= 0.6 is 0 Å². The molecule has 1 N–H and O–H groups in total. The first kappa shape index (κ1) is 12.9. The molecule has 2 aromatic carbocycles. The predicted octanol–water partition coefficient (Wildman–Crippen LogP) is 3.91. The molecule has 0 aliphatic carbocycles. The summed E-state index contributed by atoms with van der Waals surface area (Å²) in [5.41, 5.74) is 1.62. The van der Waals surface area contributed by atoms with E-state index < -0.39 is 0 Å². The fraction of sp³-hybridized carbons (Fsp3) is 0.0625. The lowest BCUT2D eigenvalue weighted by Crippen LogP contribution is -2.35. The topological polar surface area (TPSA) is 32.3 Å². The minimum Gasteiger partial charge on any atom is -0.308 e. The van der Waals surface area contributed by atoms with Gasteiger partial charge in [0.25, 0.3) is 0 Å². The van der Waals surface area contributed by atoms with Crippen molar-refractivity contribution >= 4 is 17.4 Å². The number of hydrogen-bond acceptors (Lipinski definition) is 1. The Morgan fingerprint density at radius 1 is 1.05 bits per heavy atom. The van der Waals surface area contributed by atoms with Crippen LogP contribution in [-0.4, -0.2) is 12.6 Å². The van der Waals surface area contributed by atoms with Crippen LogP contribution in [0.5, 0.6) is 0 Å². The number of para-hydroxylation sites is 2. The molecule has 0 aliphatic rings. The number of rotatable bonds is 4. The van der Waals surface area contributed by atoms with Crippen molar-refractivity contribution < 1.29 is 4.79 Å². The molecule has 2 amide bonds. The molecule has 0 spiro atoms. The van der Waals surface area contributed by atoms with Gasteiger partial charge in [-0.2, -0.15) is 0 Å².